The largest absolute Gasteiger partial charge is 0.272 e. The van der Waals surface area contributed by atoms with Gasteiger partial charge >= 0.3 is 0 Å². The van der Waals surface area contributed by atoms with Gasteiger partial charge < -0.3 is 0 Å². The molecule has 1 rings (SSSR count). The number of para-hydroxylation sites is 1. The minimum absolute atomic E-state index is 0.0388. The molecule has 6 heteroatoms. The highest BCUT2D eigenvalue weighted by Crippen LogP contribution is 2.24. The van der Waals surface area contributed by atoms with Crippen LogP contribution >= 0.6 is 0 Å². The number of rotatable bonds is 4. The fourth-order valence-corrected chi connectivity index (χ4v) is 1.37. The summed E-state index contributed by atoms with van der Waals surface area (Å²) in [6.07, 6.45) is 0.0388. The Balaban J connectivity index is 3.06. The molecule has 0 aromatic heterocycles. The molecule has 16 heavy (non-hydrogen) atoms. The van der Waals surface area contributed by atoms with Gasteiger partial charge in [0.05, 0.1) is 4.92 Å². The normalized spacial score (nSPS) is 11.1. The van der Waals surface area contributed by atoms with Crippen molar-refractivity contribution in [3.05, 3.63) is 50.1 Å². The van der Waals surface area contributed by atoms with E-state index in [1.165, 1.54) is 19.9 Å². The lowest BCUT2D eigenvalue weighted by molar-refractivity contribution is -0.560. The highest BCUT2D eigenvalue weighted by Gasteiger charge is 2.33. The van der Waals surface area contributed by atoms with E-state index in [4.69, 9.17) is 0 Å². The number of nitrogens with zero attached hydrogens (tertiary/aromatic N) is 2. The quantitative estimate of drug-likeness (QED) is 0.579. The molecule has 1 aromatic carbocycles. The Morgan fingerprint density at radius 1 is 1.19 bits per heavy atom. The zero-order valence-corrected chi connectivity index (χ0v) is 9.04. The van der Waals surface area contributed by atoms with E-state index >= 15 is 0 Å². The minimum atomic E-state index is -1.20. The molecule has 0 saturated heterocycles. The van der Waals surface area contributed by atoms with Crippen LogP contribution in [-0.4, -0.2) is 15.4 Å². The van der Waals surface area contributed by atoms with Crippen LogP contribution in [0.2, 0.25) is 0 Å². The fraction of sp³-hybridized carbons (Fsp3) is 0.400. The van der Waals surface area contributed by atoms with Crippen molar-refractivity contribution < 1.29 is 9.85 Å². The second-order valence-corrected chi connectivity index (χ2v) is 4.13. The number of hydrogen-bond acceptors (Lipinski definition) is 4. The fourth-order valence-electron chi connectivity index (χ4n) is 1.37. The Kier molecular flexibility index (Phi) is 3.22. The third-order valence-corrected chi connectivity index (χ3v) is 2.31. The van der Waals surface area contributed by atoms with Crippen LogP contribution in [0, 0.1) is 20.2 Å². The summed E-state index contributed by atoms with van der Waals surface area (Å²) in [4.78, 5) is 20.5. The number of nitro benzene ring substituents is 1. The summed E-state index contributed by atoms with van der Waals surface area (Å²) in [5.74, 6) is 0. The van der Waals surface area contributed by atoms with Crippen LogP contribution in [0.3, 0.4) is 0 Å². The molecule has 0 aliphatic rings. The van der Waals surface area contributed by atoms with E-state index in [1.807, 2.05) is 0 Å². The second kappa shape index (κ2) is 4.26. The Morgan fingerprint density at radius 3 is 2.25 bits per heavy atom. The first-order valence-electron chi connectivity index (χ1n) is 4.71. The molecule has 0 atom stereocenters. The maximum absolute atomic E-state index is 10.7. The van der Waals surface area contributed by atoms with Crippen LogP contribution in [0.4, 0.5) is 5.69 Å². The van der Waals surface area contributed by atoms with Gasteiger partial charge in [-0.3, -0.25) is 20.2 Å². The third-order valence-electron chi connectivity index (χ3n) is 2.31. The Morgan fingerprint density at radius 2 is 1.75 bits per heavy atom. The van der Waals surface area contributed by atoms with Crippen molar-refractivity contribution in [2.24, 2.45) is 0 Å². The summed E-state index contributed by atoms with van der Waals surface area (Å²) in [6.45, 7) is 2.90. The smallest absolute Gasteiger partial charge is 0.264 e. The van der Waals surface area contributed by atoms with Crippen LogP contribution in [0.1, 0.15) is 19.4 Å². The van der Waals surface area contributed by atoms with Crippen molar-refractivity contribution in [3.8, 4) is 0 Å². The van der Waals surface area contributed by atoms with Crippen molar-refractivity contribution in [2.45, 2.75) is 25.8 Å². The molecule has 0 amide bonds. The van der Waals surface area contributed by atoms with Crippen molar-refractivity contribution in [1.82, 2.24) is 0 Å². The van der Waals surface area contributed by atoms with Crippen molar-refractivity contribution in [2.75, 3.05) is 0 Å². The zero-order valence-electron chi connectivity index (χ0n) is 9.04. The van der Waals surface area contributed by atoms with Crippen LogP contribution in [0.5, 0.6) is 0 Å². The third kappa shape index (κ3) is 2.53. The molecule has 0 saturated carbocycles. The molecule has 0 spiro atoms. The molecule has 0 bridgehead atoms. The van der Waals surface area contributed by atoms with E-state index in [1.54, 1.807) is 18.2 Å². The molecule has 0 aliphatic carbocycles. The van der Waals surface area contributed by atoms with Gasteiger partial charge in [0.2, 0.25) is 5.54 Å². The Labute approximate surface area is 92.2 Å². The highest BCUT2D eigenvalue weighted by molar-refractivity contribution is 5.40. The summed E-state index contributed by atoms with van der Waals surface area (Å²) in [6, 6.07) is 6.08. The maximum atomic E-state index is 10.7. The van der Waals surface area contributed by atoms with Crippen molar-refractivity contribution >= 4 is 5.69 Å². The summed E-state index contributed by atoms with van der Waals surface area (Å²) >= 11 is 0. The van der Waals surface area contributed by atoms with E-state index in [0.29, 0.717) is 5.56 Å². The molecule has 6 nitrogen and oxygen atoms in total. The van der Waals surface area contributed by atoms with Gasteiger partial charge in [0.25, 0.3) is 5.69 Å². The second-order valence-electron chi connectivity index (χ2n) is 4.13. The van der Waals surface area contributed by atoms with Gasteiger partial charge in [-0.15, -0.1) is 0 Å². The average molecular weight is 224 g/mol. The van der Waals surface area contributed by atoms with E-state index in [0.717, 1.165) is 0 Å². The predicted molar refractivity (Wildman–Crippen MR) is 57.9 cm³/mol. The SMILES string of the molecule is CC(C)(Cc1ccccc1[N+](=O)[O-])[N+](=O)[O-]. The summed E-state index contributed by atoms with van der Waals surface area (Å²) in [7, 11) is 0. The minimum Gasteiger partial charge on any atom is -0.264 e. The van der Waals surface area contributed by atoms with Crippen LogP contribution in [0.25, 0.3) is 0 Å². The van der Waals surface area contributed by atoms with Gasteiger partial charge in [-0.25, -0.2) is 0 Å². The lowest BCUT2D eigenvalue weighted by Gasteiger charge is -2.15. The van der Waals surface area contributed by atoms with Gasteiger partial charge in [0, 0.05) is 36.8 Å². The summed E-state index contributed by atoms with van der Waals surface area (Å²) < 4.78 is 0. The number of benzene rings is 1. The van der Waals surface area contributed by atoms with E-state index in [-0.39, 0.29) is 12.1 Å². The Hall–Kier alpha value is -1.98. The molecular weight excluding hydrogens is 212 g/mol. The summed E-state index contributed by atoms with van der Waals surface area (Å²) in [5.41, 5.74) is -0.891. The Bertz CT molecular complexity index is 429. The molecule has 1 aromatic rings. The van der Waals surface area contributed by atoms with Gasteiger partial charge in [0.15, 0.2) is 0 Å². The highest BCUT2D eigenvalue weighted by atomic mass is 16.6. The monoisotopic (exact) mass is 224 g/mol. The number of nitro groups is 2. The van der Waals surface area contributed by atoms with E-state index < -0.39 is 15.4 Å². The van der Waals surface area contributed by atoms with Gasteiger partial charge in [-0.05, 0) is 0 Å². The first-order chi connectivity index (χ1) is 7.34. The molecule has 0 fully saturated rings. The molecule has 0 heterocycles. The molecule has 0 N–H and O–H groups in total. The van der Waals surface area contributed by atoms with Crippen molar-refractivity contribution in [3.63, 3.8) is 0 Å². The van der Waals surface area contributed by atoms with Crippen LogP contribution in [0.15, 0.2) is 24.3 Å². The van der Waals surface area contributed by atoms with Crippen LogP contribution in [-0.2, 0) is 6.42 Å². The topological polar surface area (TPSA) is 86.3 Å². The van der Waals surface area contributed by atoms with E-state index in [9.17, 15) is 20.2 Å². The van der Waals surface area contributed by atoms with Gasteiger partial charge in [-0.1, -0.05) is 18.2 Å². The zero-order chi connectivity index (χ0) is 12.3. The standard InChI is InChI=1S/C10H12N2O4/c1-10(2,12(15)16)7-8-5-3-4-6-9(8)11(13)14/h3-6H,7H2,1-2H3. The first kappa shape index (κ1) is 12.1. The first-order valence-corrected chi connectivity index (χ1v) is 4.71. The maximum Gasteiger partial charge on any atom is 0.272 e. The average Bonchev–Trinajstić information content (AvgIpc) is 2.17. The predicted octanol–water partition coefficient (Wildman–Crippen LogP) is 2.19. The summed E-state index contributed by atoms with van der Waals surface area (Å²) in [5, 5.41) is 21.5. The van der Waals surface area contributed by atoms with Gasteiger partial charge in [0.1, 0.15) is 0 Å². The van der Waals surface area contributed by atoms with E-state index in [2.05, 4.69) is 0 Å². The molecule has 86 valence electrons. The molecular formula is C10H12N2O4. The lowest BCUT2D eigenvalue weighted by Crippen LogP contribution is -2.33. The van der Waals surface area contributed by atoms with Crippen molar-refractivity contribution in [1.29, 1.82) is 0 Å². The molecule has 0 unspecified atom stereocenters. The number of hydrogen-bond donors (Lipinski definition) is 0. The molecule has 0 aliphatic heterocycles. The molecule has 0 radical (unpaired) electrons. The van der Waals surface area contributed by atoms with Gasteiger partial charge in [-0.2, -0.15) is 0 Å². The van der Waals surface area contributed by atoms with Crippen LogP contribution < -0.4 is 0 Å². The lowest BCUT2D eigenvalue weighted by atomic mass is 9.95.